The molecule has 0 aromatic heterocycles. The molecule has 0 spiro atoms. The lowest BCUT2D eigenvalue weighted by Gasteiger charge is -2.18. The van der Waals surface area contributed by atoms with Gasteiger partial charge in [0.1, 0.15) is 5.75 Å². The van der Waals surface area contributed by atoms with Crippen molar-refractivity contribution in [3.05, 3.63) is 78.4 Å². The van der Waals surface area contributed by atoms with Crippen molar-refractivity contribution < 1.29 is 4.74 Å². The molecule has 0 aliphatic carbocycles. The molecule has 0 amide bonds. The largest absolute Gasteiger partial charge is 0.496 e. The van der Waals surface area contributed by atoms with E-state index in [0.717, 1.165) is 12.2 Å². The first-order chi connectivity index (χ1) is 10.8. The Bertz CT molecular complexity index is 679. The van der Waals surface area contributed by atoms with E-state index in [1.54, 1.807) is 7.11 Å². The maximum atomic E-state index is 5.66. The van der Waals surface area contributed by atoms with Crippen LogP contribution in [0, 0.1) is 0 Å². The Morgan fingerprint density at radius 1 is 0.682 bits per heavy atom. The van der Waals surface area contributed by atoms with Gasteiger partial charge in [-0.2, -0.15) is 0 Å². The number of hydrogen-bond donors (Lipinski definition) is 0. The molecule has 0 fully saturated rings. The van der Waals surface area contributed by atoms with Crippen molar-refractivity contribution in [1.29, 1.82) is 0 Å². The number of ether oxygens (including phenoxy) is 1. The molecule has 110 valence electrons. The van der Waals surface area contributed by atoms with E-state index in [0.29, 0.717) is 0 Å². The molecule has 0 heterocycles. The normalized spacial score (nSPS) is 10.5. The molecule has 3 rings (SSSR count). The summed E-state index contributed by atoms with van der Waals surface area (Å²) < 4.78 is 5.66. The van der Waals surface area contributed by atoms with Gasteiger partial charge in [-0.15, -0.1) is 0 Å². The molecule has 0 unspecified atom stereocenters. The lowest BCUT2D eigenvalue weighted by molar-refractivity contribution is 0.416. The van der Waals surface area contributed by atoms with Crippen LogP contribution in [-0.4, -0.2) is 7.11 Å². The van der Waals surface area contributed by atoms with Gasteiger partial charge in [-0.05, 0) is 34.7 Å². The minimum absolute atomic E-state index is 0.919. The highest BCUT2D eigenvalue weighted by molar-refractivity contribution is 5.89. The molecular formula is C21H20O. The number of methoxy groups -OCH3 is 1. The number of aryl methyl sites for hydroxylation is 1. The molecular weight excluding hydrogens is 268 g/mol. The number of rotatable bonds is 4. The first kappa shape index (κ1) is 14.4. The highest BCUT2D eigenvalue weighted by Crippen LogP contribution is 2.41. The van der Waals surface area contributed by atoms with E-state index in [2.05, 4.69) is 73.7 Å². The fourth-order valence-electron chi connectivity index (χ4n) is 2.92. The summed E-state index contributed by atoms with van der Waals surface area (Å²) in [4.78, 5) is 0. The van der Waals surface area contributed by atoms with Gasteiger partial charge in [0.05, 0.1) is 7.11 Å². The second-order valence-corrected chi connectivity index (χ2v) is 5.26. The zero-order chi connectivity index (χ0) is 15.4. The highest BCUT2D eigenvalue weighted by Gasteiger charge is 2.16. The van der Waals surface area contributed by atoms with Gasteiger partial charge in [-0.1, -0.05) is 73.7 Å². The summed E-state index contributed by atoms with van der Waals surface area (Å²) in [6.07, 6.45) is 0.994. The van der Waals surface area contributed by atoms with Crippen LogP contribution in [0.15, 0.2) is 72.8 Å². The summed E-state index contributed by atoms with van der Waals surface area (Å²) in [5.41, 5.74) is 6.21. The molecule has 0 N–H and O–H groups in total. The van der Waals surface area contributed by atoms with Crippen LogP contribution in [0.2, 0.25) is 0 Å². The predicted molar refractivity (Wildman–Crippen MR) is 93.2 cm³/mol. The first-order valence-electron chi connectivity index (χ1n) is 7.66. The Kier molecular flexibility index (Phi) is 4.24. The highest BCUT2D eigenvalue weighted by atomic mass is 16.5. The average molecular weight is 288 g/mol. The van der Waals surface area contributed by atoms with Crippen molar-refractivity contribution in [2.24, 2.45) is 0 Å². The van der Waals surface area contributed by atoms with Crippen molar-refractivity contribution in [3.63, 3.8) is 0 Å². The molecule has 3 aromatic rings. The lowest BCUT2D eigenvalue weighted by Crippen LogP contribution is -1.96. The van der Waals surface area contributed by atoms with Gasteiger partial charge in [0, 0.05) is 5.56 Å². The standard InChI is InChI=1S/C21H20O/c1-3-16-14-15-19(22-2)21(18-12-8-5-9-13-18)20(16)17-10-6-4-7-11-17/h4-15H,3H2,1-2H3. The molecule has 1 heteroatoms. The molecule has 1 nitrogen and oxygen atoms in total. The second-order valence-electron chi connectivity index (χ2n) is 5.26. The maximum absolute atomic E-state index is 5.66. The van der Waals surface area contributed by atoms with Crippen LogP contribution >= 0.6 is 0 Å². The quantitative estimate of drug-likeness (QED) is 0.608. The fourth-order valence-corrected chi connectivity index (χ4v) is 2.92. The van der Waals surface area contributed by atoms with E-state index in [4.69, 9.17) is 4.74 Å². The van der Waals surface area contributed by atoms with Crippen LogP contribution in [0.25, 0.3) is 22.3 Å². The van der Waals surface area contributed by atoms with Crippen LogP contribution in [0.1, 0.15) is 12.5 Å². The van der Waals surface area contributed by atoms with E-state index in [-0.39, 0.29) is 0 Å². The van der Waals surface area contributed by atoms with Crippen LogP contribution in [0.3, 0.4) is 0 Å². The summed E-state index contributed by atoms with van der Waals surface area (Å²) in [5.74, 6) is 0.919. The molecule has 0 bridgehead atoms. The SMILES string of the molecule is CCc1ccc(OC)c(-c2ccccc2)c1-c1ccccc1. The van der Waals surface area contributed by atoms with Crippen molar-refractivity contribution >= 4 is 0 Å². The Morgan fingerprint density at radius 2 is 1.23 bits per heavy atom. The molecule has 3 aromatic carbocycles. The van der Waals surface area contributed by atoms with Crippen LogP contribution in [0.5, 0.6) is 5.75 Å². The predicted octanol–water partition coefficient (Wildman–Crippen LogP) is 5.59. The van der Waals surface area contributed by atoms with Gasteiger partial charge in [0.2, 0.25) is 0 Å². The Balaban J connectivity index is 2.35. The van der Waals surface area contributed by atoms with Gasteiger partial charge in [0.15, 0.2) is 0 Å². The fraction of sp³-hybridized carbons (Fsp3) is 0.143. The number of benzene rings is 3. The maximum Gasteiger partial charge on any atom is 0.127 e. The van der Waals surface area contributed by atoms with Crippen molar-refractivity contribution in [2.45, 2.75) is 13.3 Å². The number of hydrogen-bond acceptors (Lipinski definition) is 1. The monoisotopic (exact) mass is 288 g/mol. The van der Waals surface area contributed by atoms with Crippen LogP contribution in [0.4, 0.5) is 0 Å². The first-order valence-corrected chi connectivity index (χ1v) is 7.66. The van der Waals surface area contributed by atoms with E-state index < -0.39 is 0 Å². The zero-order valence-corrected chi connectivity index (χ0v) is 13.0. The van der Waals surface area contributed by atoms with Crippen molar-refractivity contribution in [3.8, 4) is 28.0 Å². The summed E-state index contributed by atoms with van der Waals surface area (Å²) in [5, 5.41) is 0. The summed E-state index contributed by atoms with van der Waals surface area (Å²) in [6.45, 7) is 2.20. The Labute approximate surface area is 132 Å². The Morgan fingerprint density at radius 3 is 1.73 bits per heavy atom. The van der Waals surface area contributed by atoms with Gasteiger partial charge >= 0.3 is 0 Å². The smallest absolute Gasteiger partial charge is 0.127 e. The molecule has 0 aliphatic rings. The minimum atomic E-state index is 0.919. The van der Waals surface area contributed by atoms with Crippen molar-refractivity contribution in [2.75, 3.05) is 7.11 Å². The summed E-state index contributed by atoms with van der Waals surface area (Å²) in [6, 6.07) is 25.3. The van der Waals surface area contributed by atoms with Crippen molar-refractivity contribution in [1.82, 2.24) is 0 Å². The summed E-state index contributed by atoms with van der Waals surface area (Å²) in [7, 11) is 1.74. The summed E-state index contributed by atoms with van der Waals surface area (Å²) >= 11 is 0. The third-order valence-electron chi connectivity index (χ3n) is 3.98. The van der Waals surface area contributed by atoms with Gasteiger partial charge < -0.3 is 4.74 Å². The zero-order valence-electron chi connectivity index (χ0n) is 13.0. The Hall–Kier alpha value is -2.54. The van der Waals surface area contributed by atoms with Crippen LogP contribution in [-0.2, 0) is 6.42 Å². The van der Waals surface area contributed by atoms with Gasteiger partial charge in [-0.25, -0.2) is 0 Å². The van der Waals surface area contributed by atoms with Crippen LogP contribution < -0.4 is 4.74 Å². The third kappa shape index (κ3) is 2.62. The molecule has 0 saturated carbocycles. The lowest BCUT2D eigenvalue weighted by atomic mass is 9.89. The van der Waals surface area contributed by atoms with Gasteiger partial charge in [0.25, 0.3) is 0 Å². The van der Waals surface area contributed by atoms with E-state index in [1.807, 2.05) is 6.07 Å². The minimum Gasteiger partial charge on any atom is -0.496 e. The van der Waals surface area contributed by atoms with Gasteiger partial charge in [-0.3, -0.25) is 0 Å². The second kappa shape index (κ2) is 6.48. The topological polar surface area (TPSA) is 9.23 Å². The molecule has 22 heavy (non-hydrogen) atoms. The third-order valence-corrected chi connectivity index (χ3v) is 3.98. The molecule has 0 atom stereocenters. The molecule has 0 saturated heterocycles. The molecule has 0 radical (unpaired) electrons. The van der Waals surface area contributed by atoms with E-state index in [9.17, 15) is 0 Å². The average Bonchev–Trinajstić information content (AvgIpc) is 2.61. The molecule has 0 aliphatic heterocycles. The van der Waals surface area contributed by atoms with E-state index in [1.165, 1.54) is 27.8 Å². The van der Waals surface area contributed by atoms with E-state index >= 15 is 0 Å².